The number of nitrogens with one attached hydrogen (secondary N) is 1. The van der Waals surface area contributed by atoms with Crippen molar-refractivity contribution in [2.24, 2.45) is 0 Å². The lowest BCUT2D eigenvalue weighted by molar-refractivity contribution is 0.595. The van der Waals surface area contributed by atoms with Gasteiger partial charge in [-0.05, 0) is 11.0 Å². The Kier molecular flexibility index (Phi) is 3.45. The molecule has 82 valence electrons. The summed E-state index contributed by atoms with van der Waals surface area (Å²) in [6, 6.07) is 0. The number of fused-ring (bicyclic) bond motifs is 1. The van der Waals surface area contributed by atoms with Crippen LogP contribution in [0.5, 0.6) is 0 Å². The maximum atomic E-state index is 4.15. The average molecular weight is 205 g/mol. The van der Waals surface area contributed by atoms with Gasteiger partial charge >= 0.3 is 0 Å². The minimum absolute atomic E-state index is 0.142. The molecule has 1 N–H and O–H groups in total. The largest absolute Gasteiger partial charge is 0.346 e. The molecule has 2 aromatic rings. The Morgan fingerprint density at radius 2 is 1.87 bits per heavy atom. The third-order valence-corrected chi connectivity index (χ3v) is 2.16. The van der Waals surface area contributed by atoms with Crippen molar-refractivity contribution in [3.63, 3.8) is 0 Å². The molecule has 2 aromatic heterocycles. The zero-order chi connectivity index (χ0) is 11.5. The van der Waals surface area contributed by atoms with Gasteiger partial charge < -0.3 is 4.98 Å². The van der Waals surface area contributed by atoms with Gasteiger partial charge in [0.1, 0.15) is 12.0 Å². The van der Waals surface area contributed by atoms with Gasteiger partial charge in [-0.2, -0.15) is 0 Å². The monoisotopic (exact) mass is 205 g/mol. The van der Waals surface area contributed by atoms with E-state index in [1.54, 1.807) is 6.33 Å². The van der Waals surface area contributed by atoms with Gasteiger partial charge in [-0.25, -0.2) is 9.97 Å². The van der Waals surface area contributed by atoms with Gasteiger partial charge in [0, 0.05) is 17.8 Å². The molecule has 0 fully saturated rings. The van der Waals surface area contributed by atoms with Crippen molar-refractivity contribution in [1.82, 2.24) is 15.0 Å². The van der Waals surface area contributed by atoms with Gasteiger partial charge in [0.15, 0.2) is 0 Å². The second-order valence-corrected chi connectivity index (χ2v) is 4.24. The molecule has 0 unspecified atom stereocenters. The van der Waals surface area contributed by atoms with Crippen LogP contribution in [-0.4, -0.2) is 15.0 Å². The first-order valence-electron chi connectivity index (χ1n) is 5.36. The molecule has 0 atom stereocenters. The van der Waals surface area contributed by atoms with E-state index in [2.05, 4.69) is 35.7 Å². The fourth-order valence-corrected chi connectivity index (χ4v) is 1.48. The van der Waals surface area contributed by atoms with Crippen LogP contribution in [0.1, 0.15) is 40.2 Å². The van der Waals surface area contributed by atoms with E-state index in [-0.39, 0.29) is 5.41 Å². The van der Waals surface area contributed by atoms with Crippen LogP contribution < -0.4 is 0 Å². The summed E-state index contributed by atoms with van der Waals surface area (Å²) in [5.74, 6) is 0. The van der Waals surface area contributed by atoms with Gasteiger partial charge in [0.05, 0.1) is 0 Å². The topological polar surface area (TPSA) is 41.6 Å². The summed E-state index contributed by atoms with van der Waals surface area (Å²) in [7, 11) is 0. The van der Waals surface area contributed by atoms with Gasteiger partial charge in [0.2, 0.25) is 0 Å². The van der Waals surface area contributed by atoms with Crippen molar-refractivity contribution in [2.45, 2.75) is 40.0 Å². The first-order chi connectivity index (χ1) is 7.09. The molecule has 0 aliphatic rings. The predicted molar refractivity (Wildman–Crippen MR) is 63.9 cm³/mol. The molecule has 0 aliphatic carbocycles. The number of nitrogens with zero attached hydrogens (tertiary/aromatic N) is 2. The molecular weight excluding hydrogens is 186 g/mol. The van der Waals surface area contributed by atoms with Crippen molar-refractivity contribution in [3.05, 3.63) is 24.3 Å². The van der Waals surface area contributed by atoms with Crippen LogP contribution in [0.2, 0.25) is 0 Å². The second-order valence-electron chi connectivity index (χ2n) is 4.24. The number of rotatable bonds is 0. The van der Waals surface area contributed by atoms with E-state index in [0.717, 1.165) is 11.0 Å². The summed E-state index contributed by atoms with van der Waals surface area (Å²) in [4.78, 5) is 11.3. The predicted octanol–water partition coefficient (Wildman–Crippen LogP) is 3.28. The second kappa shape index (κ2) is 4.43. The molecule has 3 nitrogen and oxygen atoms in total. The Bertz CT molecular complexity index is 424. The van der Waals surface area contributed by atoms with Crippen LogP contribution in [0.3, 0.4) is 0 Å². The first kappa shape index (κ1) is 11.7. The SMILES string of the molecule is CC.CC(C)(C)c1c[nH]c2ncncc12. The van der Waals surface area contributed by atoms with Crippen LogP contribution >= 0.6 is 0 Å². The minimum Gasteiger partial charge on any atom is -0.346 e. The fourth-order valence-electron chi connectivity index (χ4n) is 1.48. The van der Waals surface area contributed by atoms with E-state index < -0.39 is 0 Å². The van der Waals surface area contributed by atoms with Crippen molar-refractivity contribution < 1.29 is 0 Å². The highest BCUT2D eigenvalue weighted by Gasteiger charge is 2.18. The molecule has 0 bridgehead atoms. The van der Waals surface area contributed by atoms with Gasteiger partial charge in [0.25, 0.3) is 0 Å². The number of hydrogen-bond acceptors (Lipinski definition) is 2. The third kappa shape index (κ3) is 2.35. The lowest BCUT2D eigenvalue weighted by Gasteiger charge is -2.16. The van der Waals surface area contributed by atoms with Gasteiger partial charge in [-0.1, -0.05) is 34.6 Å². The highest BCUT2D eigenvalue weighted by atomic mass is 14.9. The number of H-pyrrole nitrogens is 1. The molecule has 2 rings (SSSR count). The number of hydrogen-bond donors (Lipinski definition) is 1. The van der Waals surface area contributed by atoms with Crippen molar-refractivity contribution in [3.8, 4) is 0 Å². The highest BCUT2D eigenvalue weighted by molar-refractivity contribution is 5.79. The van der Waals surface area contributed by atoms with Crippen LogP contribution in [-0.2, 0) is 5.41 Å². The average Bonchev–Trinajstić information content (AvgIpc) is 2.63. The molecule has 0 radical (unpaired) electrons. The van der Waals surface area contributed by atoms with E-state index in [0.29, 0.717) is 0 Å². The smallest absolute Gasteiger partial charge is 0.140 e. The molecule has 0 amide bonds. The van der Waals surface area contributed by atoms with E-state index in [1.807, 2.05) is 26.2 Å². The van der Waals surface area contributed by atoms with E-state index >= 15 is 0 Å². The number of aromatic amines is 1. The van der Waals surface area contributed by atoms with Gasteiger partial charge in [-0.3, -0.25) is 0 Å². The van der Waals surface area contributed by atoms with E-state index in [9.17, 15) is 0 Å². The van der Waals surface area contributed by atoms with Crippen LogP contribution in [0, 0.1) is 0 Å². The molecular formula is C12H19N3. The fraction of sp³-hybridized carbons (Fsp3) is 0.500. The number of aromatic nitrogens is 3. The molecule has 0 saturated heterocycles. The molecule has 15 heavy (non-hydrogen) atoms. The molecule has 0 saturated carbocycles. The molecule has 0 aromatic carbocycles. The summed E-state index contributed by atoms with van der Waals surface area (Å²) in [5, 5.41) is 1.12. The molecule has 0 aliphatic heterocycles. The first-order valence-corrected chi connectivity index (χ1v) is 5.36. The molecule has 3 heteroatoms. The highest BCUT2D eigenvalue weighted by Crippen LogP contribution is 2.27. The van der Waals surface area contributed by atoms with Crippen LogP contribution in [0.25, 0.3) is 11.0 Å². The van der Waals surface area contributed by atoms with Crippen molar-refractivity contribution >= 4 is 11.0 Å². The Hall–Kier alpha value is -1.38. The van der Waals surface area contributed by atoms with Gasteiger partial charge in [-0.15, -0.1) is 0 Å². The Balaban J connectivity index is 0.000000531. The standard InChI is InChI=1S/C10H13N3.C2H6/c1-10(2,3)8-5-12-9-7(8)4-11-6-13-9;1-2/h4-6H,1-3H3,(H,11,12,13);1-2H3. The zero-order valence-corrected chi connectivity index (χ0v) is 10.1. The Labute approximate surface area is 91.0 Å². The summed E-state index contributed by atoms with van der Waals surface area (Å²) >= 11 is 0. The van der Waals surface area contributed by atoms with Crippen LogP contribution in [0.15, 0.2) is 18.7 Å². The maximum Gasteiger partial charge on any atom is 0.140 e. The minimum atomic E-state index is 0.142. The summed E-state index contributed by atoms with van der Waals surface area (Å²) in [6.45, 7) is 10.5. The van der Waals surface area contributed by atoms with Crippen molar-refractivity contribution in [1.29, 1.82) is 0 Å². The Morgan fingerprint density at radius 3 is 2.47 bits per heavy atom. The summed E-state index contributed by atoms with van der Waals surface area (Å²) in [5.41, 5.74) is 2.33. The van der Waals surface area contributed by atoms with E-state index in [4.69, 9.17) is 0 Å². The van der Waals surface area contributed by atoms with E-state index in [1.165, 1.54) is 5.56 Å². The Morgan fingerprint density at radius 1 is 1.20 bits per heavy atom. The molecule has 2 heterocycles. The summed E-state index contributed by atoms with van der Waals surface area (Å²) < 4.78 is 0. The normalized spacial score (nSPS) is 11.0. The maximum absolute atomic E-state index is 4.15. The lowest BCUT2D eigenvalue weighted by Crippen LogP contribution is -2.09. The zero-order valence-electron chi connectivity index (χ0n) is 10.1. The van der Waals surface area contributed by atoms with Crippen molar-refractivity contribution in [2.75, 3.05) is 0 Å². The molecule has 0 spiro atoms. The third-order valence-electron chi connectivity index (χ3n) is 2.16. The summed E-state index contributed by atoms with van der Waals surface area (Å²) in [6.07, 6.45) is 5.43. The quantitative estimate of drug-likeness (QED) is 0.717. The van der Waals surface area contributed by atoms with Crippen LogP contribution in [0.4, 0.5) is 0 Å². The lowest BCUT2D eigenvalue weighted by atomic mass is 9.87.